The predicted octanol–water partition coefficient (Wildman–Crippen LogP) is 3.90. The van der Waals surface area contributed by atoms with Gasteiger partial charge in [0.15, 0.2) is 0 Å². The summed E-state index contributed by atoms with van der Waals surface area (Å²) < 4.78 is 1.17. The molecule has 0 aromatic heterocycles. The highest BCUT2D eigenvalue weighted by Crippen LogP contribution is 2.15. The second-order valence-corrected chi connectivity index (χ2v) is 5.74. The SMILES string of the molecule is CC(C)(N)CCCCc1cccc(Br)c1. The number of nitrogens with two attached hydrogens (primary N) is 1. The van der Waals surface area contributed by atoms with E-state index >= 15 is 0 Å². The summed E-state index contributed by atoms with van der Waals surface area (Å²) in [5.74, 6) is 0. The van der Waals surface area contributed by atoms with Crippen LogP contribution < -0.4 is 5.73 Å². The largest absolute Gasteiger partial charge is 0.326 e. The first-order valence-corrected chi connectivity index (χ1v) is 6.30. The molecule has 0 aliphatic heterocycles. The summed E-state index contributed by atoms with van der Waals surface area (Å²) in [5.41, 5.74) is 7.32. The fourth-order valence-corrected chi connectivity index (χ4v) is 2.05. The van der Waals surface area contributed by atoms with Crippen molar-refractivity contribution in [2.45, 2.75) is 45.1 Å². The van der Waals surface area contributed by atoms with Crippen LogP contribution in [-0.4, -0.2) is 5.54 Å². The Labute approximate surface area is 101 Å². The number of hydrogen-bond acceptors (Lipinski definition) is 1. The Balaban J connectivity index is 2.26. The van der Waals surface area contributed by atoms with E-state index in [2.05, 4.69) is 54.0 Å². The van der Waals surface area contributed by atoms with Crippen molar-refractivity contribution in [3.05, 3.63) is 34.3 Å². The van der Waals surface area contributed by atoms with E-state index in [9.17, 15) is 0 Å². The third kappa shape index (κ3) is 5.95. The molecular weight excluding hydrogens is 250 g/mol. The van der Waals surface area contributed by atoms with E-state index in [-0.39, 0.29) is 5.54 Å². The molecule has 2 N–H and O–H groups in total. The molecule has 0 saturated carbocycles. The van der Waals surface area contributed by atoms with Crippen molar-refractivity contribution in [3.63, 3.8) is 0 Å². The monoisotopic (exact) mass is 269 g/mol. The lowest BCUT2D eigenvalue weighted by Gasteiger charge is -2.17. The van der Waals surface area contributed by atoms with Gasteiger partial charge in [0, 0.05) is 10.0 Å². The molecule has 0 bridgehead atoms. The molecule has 0 aliphatic carbocycles. The maximum Gasteiger partial charge on any atom is 0.0177 e. The lowest BCUT2D eigenvalue weighted by molar-refractivity contribution is 0.450. The van der Waals surface area contributed by atoms with Gasteiger partial charge >= 0.3 is 0 Å². The molecule has 15 heavy (non-hydrogen) atoms. The molecule has 0 saturated heterocycles. The summed E-state index contributed by atoms with van der Waals surface area (Å²) in [4.78, 5) is 0. The van der Waals surface area contributed by atoms with Crippen LogP contribution in [0.5, 0.6) is 0 Å². The van der Waals surface area contributed by atoms with Crippen LogP contribution in [0.15, 0.2) is 28.7 Å². The number of rotatable bonds is 5. The van der Waals surface area contributed by atoms with Crippen molar-refractivity contribution in [3.8, 4) is 0 Å². The first-order chi connectivity index (χ1) is 6.97. The van der Waals surface area contributed by atoms with E-state index in [0.717, 1.165) is 12.8 Å². The van der Waals surface area contributed by atoms with Gasteiger partial charge in [0.1, 0.15) is 0 Å². The Morgan fingerprint density at radius 2 is 2.00 bits per heavy atom. The molecule has 0 radical (unpaired) electrons. The van der Waals surface area contributed by atoms with Gasteiger partial charge in [0.25, 0.3) is 0 Å². The Morgan fingerprint density at radius 3 is 2.60 bits per heavy atom. The summed E-state index contributed by atoms with van der Waals surface area (Å²) >= 11 is 3.48. The van der Waals surface area contributed by atoms with Gasteiger partial charge in [0.05, 0.1) is 0 Å². The zero-order valence-electron chi connectivity index (χ0n) is 9.59. The number of halogens is 1. The Morgan fingerprint density at radius 1 is 1.27 bits per heavy atom. The van der Waals surface area contributed by atoms with E-state index < -0.39 is 0 Å². The average Bonchev–Trinajstić information content (AvgIpc) is 2.11. The van der Waals surface area contributed by atoms with Gasteiger partial charge < -0.3 is 5.73 Å². The molecule has 1 nitrogen and oxygen atoms in total. The minimum absolute atomic E-state index is 0.0166. The van der Waals surface area contributed by atoms with Crippen molar-refractivity contribution >= 4 is 15.9 Å². The third-order valence-electron chi connectivity index (χ3n) is 2.43. The zero-order valence-corrected chi connectivity index (χ0v) is 11.2. The van der Waals surface area contributed by atoms with Crippen LogP contribution in [0.2, 0.25) is 0 Å². The molecule has 2 heteroatoms. The molecule has 1 aromatic carbocycles. The fraction of sp³-hybridized carbons (Fsp3) is 0.538. The van der Waals surface area contributed by atoms with Crippen LogP contribution in [0.3, 0.4) is 0 Å². The molecule has 84 valence electrons. The van der Waals surface area contributed by atoms with Crippen LogP contribution in [0.4, 0.5) is 0 Å². The molecule has 0 atom stereocenters. The minimum Gasteiger partial charge on any atom is -0.326 e. The summed E-state index contributed by atoms with van der Waals surface area (Å²) in [5, 5.41) is 0. The lowest BCUT2D eigenvalue weighted by atomic mass is 9.97. The van der Waals surface area contributed by atoms with Crippen molar-refractivity contribution in [2.24, 2.45) is 5.73 Å². The summed E-state index contributed by atoms with van der Waals surface area (Å²) in [6.45, 7) is 4.18. The molecule has 0 amide bonds. The number of aryl methyl sites for hydroxylation is 1. The molecule has 0 aliphatic rings. The fourth-order valence-electron chi connectivity index (χ4n) is 1.60. The number of benzene rings is 1. The maximum atomic E-state index is 5.93. The van der Waals surface area contributed by atoms with Crippen LogP contribution in [0, 0.1) is 0 Å². The summed E-state index contributed by atoms with van der Waals surface area (Å²) in [7, 11) is 0. The quantitative estimate of drug-likeness (QED) is 0.807. The van der Waals surface area contributed by atoms with Gasteiger partial charge in [-0.15, -0.1) is 0 Å². The Hall–Kier alpha value is -0.340. The zero-order chi connectivity index (χ0) is 11.3. The molecule has 0 heterocycles. The number of hydrogen-bond donors (Lipinski definition) is 1. The van der Waals surface area contributed by atoms with Crippen molar-refractivity contribution in [1.29, 1.82) is 0 Å². The van der Waals surface area contributed by atoms with Crippen LogP contribution in [-0.2, 0) is 6.42 Å². The normalized spacial score (nSPS) is 11.7. The van der Waals surface area contributed by atoms with E-state index in [4.69, 9.17) is 5.73 Å². The maximum absolute atomic E-state index is 5.93. The smallest absolute Gasteiger partial charge is 0.0177 e. The summed E-state index contributed by atoms with van der Waals surface area (Å²) in [6, 6.07) is 8.52. The minimum atomic E-state index is -0.0166. The molecule has 0 spiro atoms. The van der Waals surface area contributed by atoms with E-state index in [1.54, 1.807) is 0 Å². The van der Waals surface area contributed by atoms with Crippen molar-refractivity contribution < 1.29 is 0 Å². The Kier molecular flexibility index (Phi) is 4.81. The second-order valence-electron chi connectivity index (χ2n) is 4.83. The highest BCUT2D eigenvalue weighted by atomic mass is 79.9. The molecular formula is C13H20BrN. The molecule has 0 unspecified atom stereocenters. The van der Waals surface area contributed by atoms with Crippen molar-refractivity contribution in [1.82, 2.24) is 0 Å². The third-order valence-corrected chi connectivity index (χ3v) is 2.92. The van der Waals surface area contributed by atoms with Gasteiger partial charge in [-0.2, -0.15) is 0 Å². The first-order valence-electron chi connectivity index (χ1n) is 5.51. The molecule has 1 rings (SSSR count). The average molecular weight is 270 g/mol. The van der Waals surface area contributed by atoms with Crippen LogP contribution >= 0.6 is 15.9 Å². The number of unbranched alkanes of at least 4 members (excludes halogenated alkanes) is 1. The van der Waals surface area contributed by atoms with Crippen molar-refractivity contribution in [2.75, 3.05) is 0 Å². The van der Waals surface area contributed by atoms with Gasteiger partial charge in [-0.3, -0.25) is 0 Å². The first kappa shape index (κ1) is 12.7. The van der Waals surface area contributed by atoms with Gasteiger partial charge in [-0.1, -0.05) is 34.5 Å². The lowest BCUT2D eigenvalue weighted by Crippen LogP contribution is -2.31. The topological polar surface area (TPSA) is 26.0 Å². The molecule has 1 aromatic rings. The Bertz CT molecular complexity index is 302. The predicted molar refractivity (Wildman–Crippen MR) is 70.0 cm³/mol. The van der Waals surface area contributed by atoms with Gasteiger partial charge in [0.2, 0.25) is 0 Å². The van der Waals surface area contributed by atoms with Gasteiger partial charge in [-0.25, -0.2) is 0 Å². The highest BCUT2D eigenvalue weighted by Gasteiger charge is 2.09. The molecule has 0 fully saturated rings. The van der Waals surface area contributed by atoms with Gasteiger partial charge in [-0.05, 0) is 50.8 Å². The van der Waals surface area contributed by atoms with Crippen LogP contribution in [0.1, 0.15) is 38.7 Å². The van der Waals surface area contributed by atoms with Crippen LogP contribution in [0.25, 0.3) is 0 Å². The second kappa shape index (κ2) is 5.66. The standard InChI is InChI=1S/C13H20BrN/c1-13(2,15)9-4-3-6-11-7-5-8-12(14)10-11/h5,7-8,10H,3-4,6,9,15H2,1-2H3. The van der Waals surface area contributed by atoms with E-state index in [0.29, 0.717) is 0 Å². The highest BCUT2D eigenvalue weighted by molar-refractivity contribution is 9.10. The van der Waals surface area contributed by atoms with E-state index in [1.165, 1.54) is 22.9 Å². The summed E-state index contributed by atoms with van der Waals surface area (Å²) in [6.07, 6.45) is 4.67. The van der Waals surface area contributed by atoms with E-state index in [1.807, 2.05) is 0 Å².